The molecule has 0 N–H and O–H groups in total. The van der Waals surface area contributed by atoms with E-state index in [1.54, 1.807) is 13.8 Å². The molecule has 29 heavy (non-hydrogen) atoms. The Kier molecular flexibility index (Phi) is 7.68. The van der Waals surface area contributed by atoms with Gasteiger partial charge in [-0.2, -0.15) is 13.2 Å². The summed E-state index contributed by atoms with van der Waals surface area (Å²) in [6.07, 6.45) is -4.57. The van der Waals surface area contributed by atoms with Crippen LogP contribution in [0.1, 0.15) is 27.9 Å². The van der Waals surface area contributed by atoms with Crippen LogP contribution in [-0.2, 0) is 20.8 Å². The smallest absolute Gasteiger partial charge is 0.411 e. The molecule has 2 aromatic rings. The van der Waals surface area contributed by atoms with E-state index in [0.717, 1.165) is 16.2 Å². The van der Waals surface area contributed by atoms with Crippen LogP contribution in [0.25, 0.3) is 0 Å². The molecule has 0 unspecified atom stereocenters. The van der Waals surface area contributed by atoms with Gasteiger partial charge in [0, 0.05) is 0 Å². The number of hydrogen-bond acceptors (Lipinski definition) is 6. The number of aryl methyl sites for hydroxylation is 1. The lowest BCUT2D eigenvalue weighted by Gasteiger charge is -2.20. The zero-order valence-electron chi connectivity index (χ0n) is 15.6. The molecule has 1 aromatic heterocycles. The van der Waals surface area contributed by atoms with Crippen molar-refractivity contribution in [2.45, 2.75) is 26.6 Å². The van der Waals surface area contributed by atoms with Crippen molar-refractivity contribution in [3.63, 3.8) is 0 Å². The van der Waals surface area contributed by atoms with Crippen molar-refractivity contribution in [2.24, 2.45) is 0 Å². The maximum absolute atomic E-state index is 13.1. The van der Waals surface area contributed by atoms with Crippen molar-refractivity contribution in [2.75, 3.05) is 24.7 Å². The van der Waals surface area contributed by atoms with Crippen molar-refractivity contribution >= 4 is 28.3 Å². The monoisotopic (exact) mass is 434 g/mol. The van der Waals surface area contributed by atoms with Crippen molar-refractivity contribution in [1.82, 2.24) is 4.98 Å². The Morgan fingerprint density at radius 2 is 1.86 bits per heavy atom. The van der Waals surface area contributed by atoms with Gasteiger partial charge in [0.2, 0.25) is 0 Å². The Balaban J connectivity index is 2.26. The lowest BCUT2D eigenvalue weighted by atomic mass is 10.2. The fraction of sp³-hybridized carbons (Fsp3) is 0.389. The first kappa shape index (κ1) is 22.8. The van der Waals surface area contributed by atoms with Crippen LogP contribution < -0.4 is 4.90 Å². The minimum absolute atomic E-state index is 0.0930. The molecule has 1 amide bonds. The number of anilines is 1. The highest BCUT2D eigenvalue weighted by atomic mass is 32.1. The van der Waals surface area contributed by atoms with Crippen molar-refractivity contribution in [1.29, 1.82) is 0 Å². The highest BCUT2D eigenvalue weighted by Crippen LogP contribution is 2.28. The van der Waals surface area contributed by atoms with Crippen LogP contribution in [-0.4, -0.2) is 42.9 Å². The minimum Gasteiger partial charge on any atom is -0.462 e. The average molecular weight is 434 g/mol. The van der Waals surface area contributed by atoms with Crippen LogP contribution in [0.5, 0.6) is 0 Å². The van der Waals surface area contributed by atoms with Crippen LogP contribution in [0.15, 0.2) is 24.3 Å². The summed E-state index contributed by atoms with van der Waals surface area (Å²) in [4.78, 5) is 30.0. The average Bonchev–Trinajstić information content (AvgIpc) is 3.01. The topological polar surface area (TPSA) is 68.7 Å². The summed E-state index contributed by atoms with van der Waals surface area (Å²) in [5, 5.41) is 0.0930. The first-order chi connectivity index (χ1) is 13.6. The number of hydrogen-bond donors (Lipinski definition) is 0. The second-order valence-electron chi connectivity index (χ2n) is 5.85. The lowest BCUT2D eigenvalue weighted by molar-refractivity contribution is -0.175. The Morgan fingerprint density at radius 1 is 1.21 bits per heavy atom. The number of rotatable bonds is 8. The highest BCUT2D eigenvalue weighted by molar-refractivity contribution is 7.17. The number of halogens is 4. The van der Waals surface area contributed by atoms with Crippen LogP contribution in [0.2, 0.25) is 0 Å². The van der Waals surface area contributed by atoms with E-state index in [1.807, 2.05) is 0 Å². The predicted octanol–water partition coefficient (Wildman–Crippen LogP) is 3.88. The fourth-order valence-electron chi connectivity index (χ4n) is 2.25. The van der Waals surface area contributed by atoms with E-state index in [4.69, 9.17) is 4.74 Å². The molecule has 0 fully saturated rings. The van der Waals surface area contributed by atoms with Crippen molar-refractivity contribution < 1.29 is 36.6 Å². The van der Waals surface area contributed by atoms with Gasteiger partial charge in [0.05, 0.1) is 18.8 Å². The maximum atomic E-state index is 13.1. The van der Waals surface area contributed by atoms with Gasteiger partial charge in [0.15, 0.2) is 5.13 Å². The summed E-state index contributed by atoms with van der Waals surface area (Å²) in [6, 6.07) is 5.24. The molecule has 158 valence electrons. The zero-order chi connectivity index (χ0) is 21.6. The number of amides is 1. The summed E-state index contributed by atoms with van der Waals surface area (Å²) in [7, 11) is 0. The van der Waals surface area contributed by atoms with Gasteiger partial charge in [0.1, 0.15) is 23.9 Å². The van der Waals surface area contributed by atoms with Gasteiger partial charge in [0.25, 0.3) is 5.91 Å². The van der Waals surface area contributed by atoms with E-state index in [2.05, 4.69) is 9.72 Å². The molecule has 1 heterocycles. The zero-order valence-corrected chi connectivity index (χ0v) is 16.4. The van der Waals surface area contributed by atoms with Crippen LogP contribution in [0, 0.1) is 12.7 Å². The van der Waals surface area contributed by atoms with Crippen LogP contribution >= 0.6 is 11.3 Å². The van der Waals surface area contributed by atoms with Gasteiger partial charge in [-0.25, -0.2) is 14.2 Å². The molecule has 2 rings (SSSR count). The molecule has 0 bridgehead atoms. The van der Waals surface area contributed by atoms with Crippen molar-refractivity contribution in [3.8, 4) is 0 Å². The molecule has 11 heteroatoms. The van der Waals surface area contributed by atoms with E-state index < -0.39 is 37.1 Å². The number of alkyl halides is 3. The quantitative estimate of drug-likeness (QED) is 0.466. The summed E-state index contributed by atoms with van der Waals surface area (Å²) in [6.45, 7) is 0.825. The SMILES string of the molecule is CCOC(=O)c1sc(N(Cc2ccc(F)cc2)C(=O)COCC(F)(F)F)nc1C. The Hall–Kier alpha value is -2.53. The van der Waals surface area contributed by atoms with E-state index >= 15 is 0 Å². The van der Waals surface area contributed by atoms with Crippen LogP contribution in [0.3, 0.4) is 0 Å². The molecular formula is C18H18F4N2O4S. The molecule has 0 saturated carbocycles. The number of esters is 1. The number of nitrogens with zero attached hydrogens (tertiary/aromatic N) is 2. The van der Waals surface area contributed by atoms with Gasteiger partial charge in [-0.05, 0) is 31.5 Å². The maximum Gasteiger partial charge on any atom is 0.411 e. The molecule has 0 saturated heterocycles. The van der Waals surface area contributed by atoms with Crippen molar-refractivity contribution in [3.05, 3.63) is 46.2 Å². The van der Waals surface area contributed by atoms with Gasteiger partial charge in [-0.3, -0.25) is 9.69 Å². The fourth-order valence-corrected chi connectivity index (χ4v) is 3.23. The lowest BCUT2D eigenvalue weighted by Crippen LogP contribution is -2.34. The third-order valence-electron chi connectivity index (χ3n) is 3.52. The Labute approximate surface area is 168 Å². The summed E-state index contributed by atoms with van der Waals surface area (Å²) < 4.78 is 59.4. The first-order valence-electron chi connectivity index (χ1n) is 8.44. The number of thiazole rings is 1. The number of benzene rings is 1. The summed E-state index contributed by atoms with van der Waals surface area (Å²) >= 11 is 0.873. The molecule has 1 aromatic carbocycles. The van der Waals surface area contributed by atoms with E-state index in [1.165, 1.54) is 24.3 Å². The summed E-state index contributed by atoms with van der Waals surface area (Å²) in [5.74, 6) is -1.88. The molecule has 0 atom stereocenters. The number of carbonyl (C=O) groups excluding carboxylic acids is 2. The molecule has 6 nitrogen and oxygen atoms in total. The Morgan fingerprint density at radius 3 is 2.45 bits per heavy atom. The molecular weight excluding hydrogens is 416 g/mol. The number of carbonyl (C=O) groups is 2. The standard InChI is InChI=1S/C18H18F4N2O4S/c1-3-28-16(26)15-11(2)23-17(29-15)24(8-12-4-6-13(19)7-5-12)14(25)9-27-10-18(20,21)22/h4-7H,3,8-10H2,1-2H3. The third kappa shape index (κ3) is 6.79. The van der Waals surface area contributed by atoms with Gasteiger partial charge >= 0.3 is 12.1 Å². The van der Waals surface area contributed by atoms with Gasteiger partial charge < -0.3 is 9.47 Å². The van der Waals surface area contributed by atoms with E-state index in [9.17, 15) is 27.2 Å². The second-order valence-corrected chi connectivity index (χ2v) is 6.82. The Bertz CT molecular complexity index is 853. The molecule has 0 radical (unpaired) electrons. The van der Waals surface area contributed by atoms with E-state index in [-0.39, 0.29) is 23.2 Å². The second kappa shape index (κ2) is 9.79. The van der Waals surface area contributed by atoms with Crippen LogP contribution in [0.4, 0.5) is 22.7 Å². The largest absolute Gasteiger partial charge is 0.462 e. The summed E-state index contributed by atoms with van der Waals surface area (Å²) in [5.41, 5.74) is 0.831. The first-order valence-corrected chi connectivity index (χ1v) is 9.26. The normalized spacial score (nSPS) is 11.4. The van der Waals surface area contributed by atoms with Gasteiger partial charge in [-0.15, -0.1) is 0 Å². The van der Waals surface area contributed by atoms with Gasteiger partial charge in [-0.1, -0.05) is 23.5 Å². The molecule has 0 spiro atoms. The number of aromatic nitrogens is 1. The molecule has 0 aliphatic rings. The molecule has 0 aliphatic carbocycles. The minimum atomic E-state index is -4.57. The third-order valence-corrected chi connectivity index (χ3v) is 4.68. The predicted molar refractivity (Wildman–Crippen MR) is 97.3 cm³/mol. The molecule has 0 aliphatic heterocycles. The van der Waals surface area contributed by atoms with E-state index in [0.29, 0.717) is 11.3 Å². The highest BCUT2D eigenvalue weighted by Gasteiger charge is 2.29. The number of ether oxygens (including phenoxy) is 2.